The molecule has 0 fully saturated rings. The van der Waals surface area contributed by atoms with Crippen molar-refractivity contribution >= 4 is 29.3 Å². The van der Waals surface area contributed by atoms with Gasteiger partial charge in [-0.15, -0.1) is 0 Å². The van der Waals surface area contributed by atoms with E-state index in [1.54, 1.807) is 18.3 Å². The second-order valence-electron chi connectivity index (χ2n) is 3.23. The van der Waals surface area contributed by atoms with Crippen LogP contribution in [-0.2, 0) is 14.3 Å². The number of nitrogens with zero attached hydrogens (tertiary/aromatic N) is 1. The largest absolute Gasteiger partial charge is 0.469 e. The van der Waals surface area contributed by atoms with Crippen LogP contribution in [0.5, 0.6) is 0 Å². The van der Waals surface area contributed by atoms with Crippen molar-refractivity contribution in [3.63, 3.8) is 0 Å². The first-order valence-electron chi connectivity index (χ1n) is 4.70. The number of hydrogen-bond acceptors (Lipinski definition) is 5. The van der Waals surface area contributed by atoms with Crippen LogP contribution < -0.4 is 5.32 Å². The number of ether oxygens (including phenoxy) is 1. The number of thioether (sulfide) groups is 1. The standard InChI is InChI=1S/C10H10N2O3S/c1-15-8(13)5-7-9(14)12-6-3-2-4-11-10(6)16-7/h2-4,7H,5H2,1H3,(H,12,14). The van der Waals surface area contributed by atoms with Crippen molar-refractivity contribution in [1.29, 1.82) is 0 Å². The Morgan fingerprint density at radius 3 is 3.25 bits per heavy atom. The zero-order chi connectivity index (χ0) is 11.5. The van der Waals surface area contributed by atoms with Gasteiger partial charge in [0, 0.05) is 6.20 Å². The maximum absolute atomic E-state index is 11.6. The third-order valence-electron chi connectivity index (χ3n) is 2.16. The van der Waals surface area contributed by atoms with E-state index in [2.05, 4.69) is 15.0 Å². The normalized spacial score (nSPS) is 18.6. The van der Waals surface area contributed by atoms with E-state index in [0.717, 1.165) is 5.03 Å². The van der Waals surface area contributed by atoms with Crippen molar-refractivity contribution in [1.82, 2.24) is 4.98 Å². The van der Waals surface area contributed by atoms with E-state index in [4.69, 9.17) is 0 Å². The number of anilines is 1. The number of fused-ring (bicyclic) bond motifs is 1. The fraction of sp³-hybridized carbons (Fsp3) is 0.300. The zero-order valence-corrected chi connectivity index (χ0v) is 9.41. The second-order valence-corrected chi connectivity index (χ2v) is 4.42. The lowest BCUT2D eigenvalue weighted by Gasteiger charge is -2.21. The highest BCUT2D eigenvalue weighted by Gasteiger charge is 2.29. The van der Waals surface area contributed by atoms with Crippen LogP contribution in [0.25, 0.3) is 0 Å². The number of carbonyl (C=O) groups excluding carboxylic acids is 2. The first kappa shape index (κ1) is 10.9. The fourth-order valence-corrected chi connectivity index (χ4v) is 2.37. The average Bonchev–Trinajstić information content (AvgIpc) is 2.30. The molecule has 0 saturated heterocycles. The lowest BCUT2D eigenvalue weighted by atomic mass is 10.2. The molecule has 1 aromatic heterocycles. The Kier molecular flexibility index (Phi) is 3.09. The van der Waals surface area contributed by atoms with Gasteiger partial charge in [0.25, 0.3) is 0 Å². The third kappa shape index (κ3) is 2.16. The van der Waals surface area contributed by atoms with Gasteiger partial charge in [-0.25, -0.2) is 4.98 Å². The summed E-state index contributed by atoms with van der Waals surface area (Å²) < 4.78 is 4.54. The smallest absolute Gasteiger partial charge is 0.307 e. The highest BCUT2D eigenvalue weighted by molar-refractivity contribution is 8.00. The molecule has 1 aromatic rings. The molecule has 5 nitrogen and oxygen atoms in total. The van der Waals surface area contributed by atoms with Crippen LogP contribution in [0.15, 0.2) is 23.4 Å². The number of amides is 1. The molecule has 1 atom stereocenters. The Morgan fingerprint density at radius 2 is 2.50 bits per heavy atom. The third-order valence-corrected chi connectivity index (χ3v) is 3.37. The van der Waals surface area contributed by atoms with Gasteiger partial charge in [-0.2, -0.15) is 0 Å². The molecule has 1 aliphatic heterocycles. The molecule has 0 bridgehead atoms. The summed E-state index contributed by atoms with van der Waals surface area (Å²) in [6.07, 6.45) is 1.71. The number of methoxy groups -OCH3 is 1. The van der Waals surface area contributed by atoms with Crippen molar-refractivity contribution in [2.45, 2.75) is 16.7 Å². The van der Waals surface area contributed by atoms with Gasteiger partial charge in [0.05, 0.1) is 19.2 Å². The van der Waals surface area contributed by atoms with Gasteiger partial charge in [0.2, 0.25) is 5.91 Å². The van der Waals surface area contributed by atoms with Crippen LogP contribution in [0.2, 0.25) is 0 Å². The van der Waals surface area contributed by atoms with Crippen molar-refractivity contribution in [3.8, 4) is 0 Å². The molecule has 1 unspecified atom stereocenters. The molecule has 6 heteroatoms. The summed E-state index contributed by atoms with van der Waals surface area (Å²) in [4.78, 5) is 26.9. The molecule has 2 heterocycles. The number of pyridine rings is 1. The van der Waals surface area contributed by atoms with Gasteiger partial charge in [-0.1, -0.05) is 11.8 Å². The van der Waals surface area contributed by atoms with Gasteiger partial charge in [0.1, 0.15) is 10.3 Å². The monoisotopic (exact) mass is 238 g/mol. The molecule has 0 aromatic carbocycles. The highest BCUT2D eigenvalue weighted by atomic mass is 32.2. The van der Waals surface area contributed by atoms with E-state index in [1.165, 1.54) is 18.9 Å². The number of esters is 1. The number of aromatic nitrogens is 1. The Balaban J connectivity index is 2.15. The van der Waals surface area contributed by atoms with E-state index in [9.17, 15) is 9.59 Å². The molecule has 16 heavy (non-hydrogen) atoms. The molecular formula is C10H10N2O3S. The molecule has 1 amide bonds. The van der Waals surface area contributed by atoms with E-state index in [-0.39, 0.29) is 12.3 Å². The van der Waals surface area contributed by atoms with Crippen molar-refractivity contribution < 1.29 is 14.3 Å². The van der Waals surface area contributed by atoms with Crippen LogP contribution in [0.4, 0.5) is 5.69 Å². The SMILES string of the molecule is COC(=O)CC1Sc2ncccc2NC1=O. The maximum atomic E-state index is 11.6. The van der Waals surface area contributed by atoms with Crippen molar-refractivity contribution in [2.24, 2.45) is 0 Å². The maximum Gasteiger partial charge on any atom is 0.307 e. The van der Waals surface area contributed by atoms with Crippen LogP contribution >= 0.6 is 11.8 Å². The molecule has 1 aliphatic rings. The fourth-order valence-electron chi connectivity index (χ4n) is 1.35. The van der Waals surface area contributed by atoms with Crippen molar-refractivity contribution in [2.75, 3.05) is 12.4 Å². The van der Waals surface area contributed by atoms with E-state index < -0.39 is 11.2 Å². The lowest BCUT2D eigenvalue weighted by molar-refractivity contribution is -0.141. The Morgan fingerprint density at radius 1 is 1.69 bits per heavy atom. The average molecular weight is 238 g/mol. The van der Waals surface area contributed by atoms with E-state index in [0.29, 0.717) is 5.69 Å². The summed E-state index contributed by atoms with van der Waals surface area (Å²) in [5.41, 5.74) is 0.693. The first-order valence-corrected chi connectivity index (χ1v) is 5.58. The van der Waals surface area contributed by atoms with Gasteiger partial charge < -0.3 is 10.1 Å². The predicted octanol–water partition coefficient (Wildman–Crippen LogP) is 1.06. The first-order chi connectivity index (χ1) is 7.70. The van der Waals surface area contributed by atoms with E-state index in [1.807, 2.05) is 0 Å². The van der Waals surface area contributed by atoms with E-state index >= 15 is 0 Å². The Hall–Kier alpha value is -1.56. The Labute approximate surface area is 96.6 Å². The molecule has 1 N–H and O–H groups in total. The summed E-state index contributed by atoms with van der Waals surface area (Å²) >= 11 is 1.28. The molecule has 0 aliphatic carbocycles. The lowest BCUT2D eigenvalue weighted by Crippen LogP contribution is -2.31. The van der Waals surface area contributed by atoms with Gasteiger partial charge in [-0.05, 0) is 12.1 Å². The summed E-state index contributed by atoms with van der Waals surface area (Å²) in [5.74, 6) is -0.581. The van der Waals surface area contributed by atoms with Crippen LogP contribution in [0.1, 0.15) is 6.42 Å². The topological polar surface area (TPSA) is 68.3 Å². The minimum atomic E-state index is -0.463. The molecule has 0 spiro atoms. The molecular weight excluding hydrogens is 228 g/mol. The van der Waals surface area contributed by atoms with Crippen LogP contribution in [0, 0.1) is 0 Å². The molecule has 0 saturated carbocycles. The van der Waals surface area contributed by atoms with Gasteiger partial charge in [0.15, 0.2) is 0 Å². The summed E-state index contributed by atoms with van der Waals surface area (Å²) in [6.45, 7) is 0. The van der Waals surface area contributed by atoms with Crippen LogP contribution in [0.3, 0.4) is 0 Å². The summed E-state index contributed by atoms with van der Waals surface area (Å²) in [7, 11) is 1.31. The molecule has 2 rings (SSSR count). The molecule has 0 radical (unpaired) electrons. The highest BCUT2D eigenvalue weighted by Crippen LogP contribution is 2.34. The second kappa shape index (κ2) is 4.52. The van der Waals surface area contributed by atoms with Gasteiger partial charge >= 0.3 is 5.97 Å². The summed E-state index contributed by atoms with van der Waals surface area (Å²) in [6, 6.07) is 3.53. The zero-order valence-electron chi connectivity index (χ0n) is 8.60. The number of carbonyl (C=O) groups is 2. The minimum Gasteiger partial charge on any atom is -0.469 e. The van der Waals surface area contributed by atoms with Crippen LogP contribution in [-0.4, -0.2) is 29.2 Å². The Bertz CT molecular complexity index is 436. The number of hydrogen-bond donors (Lipinski definition) is 1. The predicted molar refractivity (Wildman–Crippen MR) is 59.1 cm³/mol. The quantitative estimate of drug-likeness (QED) is 0.780. The molecule has 84 valence electrons. The number of rotatable bonds is 2. The minimum absolute atomic E-state index is 0.0585. The van der Waals surface area contributed by atoms with Gasteiger partial charge in [-0.3, -0.25) is 9.59 Å². The van der Waals surface area contributed by atoms with Crippen molar-refractivity contribution in [3.05, 3.63) is 18.3 Å². The number of nitrogens with one attached hydrogen (secondary N) is 1. The summed E-state index contributed by atoms with van der Waals surface area (Å²) in [5, 5.41) is 2.98.